The SMILES string of the molecule is NC(=O)[C@H](O)C(C=O)Cc1ccc(OC(F)(F)F)cc1. The van der Waals surface area contributed by atoms with Gasteiger partial charge in [-0.25, -0.2) is 0 Å². The van der Waals surface area contributed by atoms with E-state index in [-0.39, 0.29) is 6.42 Å². The van der Waals surface area contributed by atoms with Crippen LogP contribution in [0.5, 0.6) is 5.75 Å². The number of aliphatic hydroxyl groups excluding tert-OH is 1. The Bertz CT molecular complexity index is 473. The van der Waals surface area contributed by atoms with Crippen molar-refractivity contribution in [3.63, 3.8) is 0 Å². The molecule has 0 aliphatic carbocycles. The van der Waals surface area contributed by atoms with Crippen molar-refractivity contribution >= 4 is 12.2 Å². The van der Waals surface area contributed by atoms with Crippen LogP contribution in [0, 0.1) is 5.92 Å². The van der Waals surface area contributed by atoms with Crippen LogP contribution < -0.4 is 10.5 Å². The van der Waals surface area contributed by atoms with Crippen molar-refractivity contribution in [1.29, 1.82) is 0 Å². The summed E-state index contributed by atoms with van der Waals surface area (Å²) in [5.74, 6) is -2.50. The van der Waals surface area contributed by atoms with Crippen LogP contribution in [0.4, 0.5) is 13.2 Å². The maximum atomic E-state index is 11.9. The molecular formula is C12H12F3NO4. The van der Waals surface area contributed by atoms with Crippen LogP contribution in [0.15, 0.2) is 24.3 Å². The van der Waals surface area contributed by atoms with E-state index in [4.69, 9.17) is 5.73 Å². The Kier molecular flexibility index (Phi) is 5.09. The fourth-order valence-electron chi connectivity index (χ4n) is 1.54. The van der Waals surface area contributed by atoms with Gasteiger partial charge in [-0.2, -0.15) is 0 Å². The van der Waals surface area contributed by atoms with Gasteiger partial charge in [-0.05, 0) is 24.1 Å². The molecule has 0 fully saturated rings. The Hall–Kier alpha value is -2.09. The van der Waals surface area contributed by atoms with Gasteiger partial charge >= 0.3 is 6.36 Å². The third-order valence-corrected chi connectivity index (χ3v) is 2.50. The fraction of sp³-hybridized carbons (Fsp3) is 0.333. The molecule has 0 heterocycles. The van der Waals surface area contributed by atoms with Crippen molar-refractivity contribution in [2.24, 2.45) is 11.7 Å². The molecule has 0 aromatic heterocycles. The molecule has 0 aliphatic heterocycles. The first-order valence-electron chi connectivity index (χ1n) is 5.50. The van der Waals surface area contributed by atoms with Gasteiger partial charge < -0.3 is 20.4 Å². The maximum absolute atomic E-state index is 11.9. The second-order valence-electron chi connectivity index (χ2n) is 4.04. The van der Waals surface area contributed by atoms with Gasteiger partial charge in [0.25, 0.3) is 0 Å². The second kappa shape index (κ2) is 6.38. The highest BCUT2D eigenvalue weighted by molar-refractivity contribution is 5.82. The first-order valence-corrected chi connectivity index (χ1v) is 5.50. The summed E-state index contributed by atoms with van der Waals surface area (Å²) in [6, 6.07) is 4.74. The van der Waals surface area contributed by atoms with Crippen molar-refractivity contribution in [2.75, 3.05) is 0 Å². The first kappa shape index (κ1) is 16.0. The molecule has 0 bridgehead atoms. The largest absolute Gasteiger partial charge is 0.573 e. The lowest BCUT2D eigenvalue weighted by Gasteiger charge is -2.15. The Morgan fingerprint density at radius 1 is 1.35 bits per heavy atom. The van der Waals surface area contributed by atoms with E-state index in [0.717, 1.165) is 12.1 Å². The number of primary amides is 1. The highest BCUT2D eigenvalue weighted by atomic mass is 19.4. The van der Waals surface area contributed by atoms with Gasteiger partial charge in [-0.3, -0.25) is 4.79 Å². The van der Waals surface area contributed by atoms with Gasteiger partial charge in [0.1, 0.15) is 18.1 Å². The van der Waals surface area contributed by atoms with E-state index >= 15 is 0 Å². The number of ether oxygens (including phenoxy) is 1. The third kappa shape index (κ3) is 4.88. The quantitative estimate of drug-likeness (QED) is 0.758. The number of aldehydes is 1. The summed E-state index contributed by atoms with van der Waals surface area (Å²) in [7, 11) is 0. The van der Waals surface area contributed by atoms with Crippen molar-refractivity contribution in [3.05, 3.63) is 29.8 Å². The molecule has 1 unspecified atom stereocenters. The summed E-state index contributed by atoms with van der Waals surface area (Å²) in [4.78, 5) is 21.5. The Balaban J connectivity index is 2.73. The Morgan fingerprint density at radius 3 is 2.30 bits per heavy atom. The van der Waals surface area contributed by atoms with Crippen molar-refractivity contribution < 1.29 is 32.6 Å². The molecule has 2 atom stereocenters. The van der Waals surface area contributed by atoms with E-state index in [0.29, 0.717) is 11.8 Å². The normalized spacial score (nSPS) is 14.4. The minimum absolute atomic E-state index is 0.0279. The number of benzene rings is 1. The summed E-state index contributed by atoms with van der Waals surface area (Å²) in [6.07, 6.45) is -6.08. The monoisotopic (exact) mass is 291 g/mol. The summed E-state index contributed by atoms with van der Waals surface area (Å²) >= 11 is 0. The van der Waals surface area contributed by atoms with Crippen LogP contribution in [-0.2, 0) is 16.0 Å². The molecule has 1 amide bonds. The molecule has 1 aromatic carbocycles. The van der Waals surface area contributed by atoms with Gasteiger partial charge in [0, 0.05) is 0 Å². The number of hydrogen-bond donors (Lipinski definition) is 2. The topological polar surface area (TPSA) is 89.6 Å². The van der Waals surface area contributed by atoms with Crippen LogP contribution in [0.3, 0.4) is 0 Å². The zero-order valence-electron chi connectivity index (χ0n) is 10.1. The number of hydrogen-bond acceptors (Lipinski definition) is 4. The van der Waals surface area contributed by atoms with Crippen LogP contribution in [0.2, 0.25) is 0 Å². The Morgan fingerprint density at radius 2 is 1.90 bits per heavy atom. The van der Waals surface area contributed by atoms with E-state index in [1.807, 2.05) is 0 Å². The third-order valence-electron chi connectivity index (χ3n) is 2.50. The fourth-order valence-corrected chi connectivity index (χ4v) is 1.54. The maximum Gasteiger partial charge on any atom is 0.573 e. The molecule has 110 valence electrons. The Labute approximate surface area is 112 Å². The molecule has 8 heteroatoms. The van der Waals surface area contributed by atoms with E-state index in [1.54, 1.807) is 0 Å². The molecule has 3 N–H and O–H groups in total. The minimum atomic E-state index is -4.78. The molecule has 1 aromatic rings. The molecular weight excluding hydrogens is 279 g/mol. The number of halogens is 3. The lowest BCUT2D eigenvalue weighted by molar-refractivity contribution is -0.274. The number of rotatable bonds is 6. The number of amides is 1. The van der Waals surface area contributed by atoms with Gasteiger partial charge in [0.15, 0.2) is 0 Å². The van der Waals surface area contributed by atoms with Crippen molar-refractivity contribution in [3.8, 4) is 5.75 Å². The minimum Gasteiger partial charge on any atom is -0.406 e. The lowest BCUT2D eigenvalue weighted by Crippen LogP contribution is -2.37. The smallest absolute Gasteiger partial charge is 0.406 e. The predicted molar refractivity (Wildman–Crippen MR) is 61.6 cm³/mol. The average Bonchev–Trinajstić information content (AvgIpc) is 2.35. The molecule has 0 spiro atoms. The number of nitrogens with two attached hydrogens (primary N) is 1. The van der Waals surface area contributed by atoms with Crippen LogP contribution >= 0.6 is 0 Å². The summed E-state index contributed by atoms with van der Waals surface area (Å²) in [5, 5.41) is 9.38. The van der Waals surface area contributed by atoms with Crippen molar-refractivity contribution in [1.82, 2.24) is 0 Å². The van der Waals surface area contributed by atoms with E-state index < -0.39 is 30.0 Å². The molecule has 0 saturated heterocycles. The number of aliphatic hydroxyl groups is 1. The molecule has 1 rings (SSSR count). The first-order chi connectivity index (χ1) is 9.23. The predicted octanol–water partition coefficient (Wildman–Crippen LogP) is 0.789. The molecule has 20 heavy (non-hydrogen) atoms. The highest BCUT2D eigenvalue weighted by Gasteiger charge is 2.31. The van der Waals surface area contributed by atoms with Gasteiger partial charge in [-0.15, -0.1) is 13.2 Å². The standard InChI is InChI=1S/C12H12F3NO4/c13-12(14,15)20-9-3-1-7(2-4-9)5-8(6-17)10(18)11(16)19/h1-4,6,8,10,18H,5H2,(H2,16,19)/t8?,10-/m1/s1. The lowest BCUT2D eigenvalue weighted by atomic mass is 9.95. The number of carbonyl (C=O) groups excluding carboxylic acids is 2. The molecule has 0 saturated carbocycles. The zero-order chi connectivity index (χ0) is 15.3. The van der Waals surface area contributed by atoms with Gasteiger partial charge in [-0.1, -0.05) is 12.1 Å². The van der Waals surface area contributed by atoms with Crippen molar-refractivity contribution in [2.45, 2.75) is 18.9 Å². The average molecular weight is 291 g/mol. The molecule has 0 aliphatic rings. The zero-order valence-corrected chi connectivity index (χ0v) is 10.1. The van der Waals surface area contributed by atoms with Crippen LogP contribution in [0.25, 0.3) is 0 Å². The molecule has 0 radical (unpaired) electrons. The highest BCUT2D eigenvalue weighted by Crippen LogP contribution is 2.23. The van der Waals surface area contributed by atoms with E-state index in [9.17, 15) is 27.9 Å². The van der Waals surface area contributed by atoms with Gasteiger partial charge in [0.2, 0.25) is 5.91 Å². The summed E-state index contributed by atoms with van der Waals surface area (Å²) in [5.41, 5.74) is 5.32. The number of carbonyl (C=O) groups is 2. The van der Waals surface area contributed by atoms with E-state index in [1.165, 1.54) is 12.1 Å². The van der Waals surface area contributed by atoms with Gasteiger partial charge in [0.05, 0.1) is 5.92 Å². The molecule has 5 nitrogen and oxygen atoms in total. The second-order valence-corrected chi connectivity index (χ2v) is 4.04. The van der Waals surface area contributed by atoms with E-state index in [2.05, 4.69) is 4.74 Å². The summed E-state index contributed by atoms with van der Waals surface area (Å²) in [6.45, 7) is 0. The van der Waals surface area contributed by atoms with Crippen LogP contribution in [0.1, 0.15) is 5.56 Å². The number of alkyl halides is 3. The summed E-state index contributed by atoms with van der Waals surface area (Å²) < 4.78 is 39.5. The van der Waals surface area contributed by atoms with Crippen LogP contribution in [-0.4, -0.2) is 29.8 Å².